The van der Waals surface area contributed by atoms with Crippen LogP contribution in [-0.4, -0.2) is 43.4 Å². The van der Waals surface area contributed by atoms with Gasteiger partial charge in [0.15, 0.2) is 0 Å². The average Bonchev–Trinajstić information content (AvgIpc) is 2.93. The number of amides is 1. The Bertz CT molecular complexity index is 709. The number of piperidine rings is 1. The smallest absolute Gasteiger partial charge is 0.222 e. The van der Waals surface area contributed by atoms with Crippen molar-refractivity contribution in [3.63, 3.8) is 0 Å². The first kappa shape index (κ1) is 15.6. The fourth-order valence-corrected chi connectivity index (χ4v) is 3.22. The number of aromatic nitrogens is 4. The lowest BCUT2D eigenvalue weighted by Crippen LogP contribution is -2.39. The Morgan fingerprint density at radius 1 is 1.30 bits per heavy atom. The third kappa shape index (κ3) is 2.98. The molecule has 1 aliphatic rings. The Morgan fingerprint density at radius 2 is 2.09 bits per heavy atom. The molecule has 0 aromatic carbocycles. The predicted molar refractivity (Wildman–Crippen MR) is 87.8 cm³/mol. The molecule has 0 N–H and O–H groups in total. The molecule has 1 aliphatic heterocycles. The van der Waals surface area contributed by atoms with E-state index in [0.717, 1.165) is 48.8 Å². The molecule has 1 saturated heterocycles. The molecule has 0 saturated carbocycles. The van der Waals surface area contributed by atoms with Crippen molar-refractivity contribution >= 4 is 5.91 Å². The van der Waals surface area contributed by atoms with Crippen LogP contribution in [0.15, 0.2) is 18.6 Å². The van der Waals surface area contributed by atoms with Gasteiger partial charge in [0.1, 0.15) is 11.5 Å². The number of hydrogen-bond acceptors (Lipinski definition) is 4. The second-order valence-corrected chi connectivity index (χ2v) is 6.07. The Kier molecular flexibility index (Phi) is 4.41. The SMILES string of the molecule is CCC(=O)N1CCCC(c2nccnc2-c2cnc(C)n2C)C1. The van der Waals surface area contributed by atoms with E-state index >= 15 is 0 Å². The van der Waals surface area contributed by atoms with Gasteiger partial charge in [-0.15, -0.1) is 0 Å². The van der Waals surface area contributed by atoms with Crippen molar-refractivity contribution < 1.29 is 4.79 Å². The molecule has 1 fully saturated rings. The van der Waals surface area contributed by atoms with Gasteiger partial charge < -0.3 is 9.47 Å². The van der Waals surface area contributed by atoms with Crippen LogP contribution >= 0.6 is 0 Å². The van der Waals surface area contributed by atoms with Gasteiger partial charge in [-0.05, 0) is 19.8 Å². The fraction of sp³-hybridized carbons (Fsp3) is 0.529. The van der Waals surface area contributed by atoms with Crippen LogP contribution in [0.1, 0.15) is 43.6 Å². The molecule has 0 aliphatic carbocycles. The number of rotatable bonds is 3. The summed E-state index contributed by atoms with van der Waals surface area (Å²) in [6.07, 6.45) is 7.91. The highest BCUT2D eigenvalue weighted by Crippen LogP contribution is 2.31. The number of likely N-dealkylation sites (tertiary alicyclic amines) is 1. The summed E-state index contributed by atoms with van der Waals surface area (Å²) in [5, 5.41) is 0. The molecule has 6 nitrogen and oxygen atoms in total. The van der Waals surface area contributed by atoms with Crippen LogP contribution < -0.4 is 0 Å². The molecule has 2 aromatic heterocycles. The van der Waals surface area contributed by atoms with Crippen molar-refractivity contribution in [1.82, 2.24) is 24.4 Å². The van der Waals surface area contributed by atoms with Gasteiger partial charge in [-0.25, -0.2) is 4.98 Å². The van der Waals surface area contributed by atoms with Crippen molar-refractivity contribution in [2.45, 2.75) is 39.0 Å². The second kappa shape index (κ2) is 6.48. The molecule has 1 atom stereocenters. The van der Waals surface area contributed by atoms with Gasteiger partial charge in [0, 0.05) is 44.9 Å². The maximum absolute atomic E-state index is 12.0. The fourth-order valence-electron chi connectivity index (χ4n) is 3.22. The summed E-state index contributed by atoms with van der Waals surface area (Å²) in [6.45, 7) is 5.47. The molecule has 23 heavy (non-hydrogen) atoms. The van der Waals surface area contributed by atoms with E-state index in [2.05, 4.69) is 15.0 Å². The van der Waals surface area contributed by atoms with E-state index in [-0.39, 0.29) is 11.8 Å². The minimum absolute atomic E-state index is 0.219. The molecular formula is C17H23N5O. The second-order valence-electron chi connectivity index (χ2n) is 6.07. The van der Waals surface area contributed by atoms with Crippen LogP contribution in [0, 0.1) is 6.92 Å². The summed E-state index contributed by atoms with van der Waals surface area (Å²) in [5.74, 6) is 1.40. The van der Waals surface area contributed by atoms with E-state index in [9.17, 15) is 4.79 Å². The summed E-state index contributed by atoms with van der Waals surface area (Å²) >= 11 is 0. The lowest BCUT2D eigenvalue weighted by Gasteiger charge is -2.32. The molecule has 2 aromatic rings. The van der Waals surface area contributed by atoms with E-state index in [4.69, 9.17) is 0 Å². The van der Waals surface area contributed by atoms with Crippen molar-refractivity contribution in [1.29, 1.82) is 0 Å². The molecule has 6 heteroatoms. The zero-order chi connectivity index (χ0) is 16.4. The molecule has 3 heterocycles. The zero-order valence-corrected chi connectivity index (χ0v) is 14.0. The van der Waals surface area contributed by atoms with Gasteiger partial charge in [-0.3, -0.25) is 14.8 Å². The molecule has 0 spiro atoms. The number of nitrogens with zero attached hydrogens (tertiary/aromatic N) is 5. The van der Waals surface area contributed by atoms with E-state index < -0.39 is 0 Å². The van der Waals surface area contributed by atoms with Crippen LogP contribution in [0.5, 0.6) is 0 Å². The first-order valence-corrected chi connectivity index (χ1v) is 8.19. The maximum Gasteiger partial charge on any atom is 0.222 e. The Balaban J connectivity index is 1.94. The Hall–Kier alpha value is -2.24. The van der Waals surface area contributed by atoms with Crippen LogP contribution in [0.4, 0.5) is 0 Å². The number of imidazole rings is 1. The van der Waals surface area contributed by atoms with E-state index in [1.54, 1.807) is 12.4 Å². The summed E-state index contributed by atoms with van der Waals surface area (Å²) in [4.78, 5) is 27.5. The van der Waals surface area contributed by atoms with Gasteiger partial charge in [-0.2, -0.15) is 0 Å². The van der Waals surface area contributed by atoms with Crippen LogP contribution in [0.25, 0.3) is 11.4 Å². The van der Waals surface area contributed by atoms with E-state index in [0.29, 0.717) is 6.42 Å². The molecule has 3 rings (SSSR count). The summed E-state index contributed by atoms with van der Waals surface area (Å²) < 4.78 is 2.03. The number of carbonyl (C=O) groups excluding carboxylic acids is 1. The van der Waals surface area contributed by atoms with Crippen molar-refractivity contribution in [2.75, 3.05) is 13.1 Å². The molecule has 122 valence electrons. The van der Waals surface area contributed by atoms with E-state index in [1.807, 2.05) is 36.6 Å². The van der Waals surface area contributed by atoms with Crippen LogP contribution in [-0.2, 0) is 11.8 Å². The van der Waals surface area contributed by atoms with Gasteiger partial charge in [0.05, 0.1) is 17.6 Å². The topological polar surface area (TPSA) is 63.9 Å². The van der Waals surface area contributed by atoms with Gasteiger partial charge in [0.2, 0.25) is 5.91 Å². The zero-order valence-electron chi connectivity index (χ0n) is 14.0. The first-order valence-electron chi connectivity index (χ1n) is 8.19. The highest BCUT2D eigenvalue weighted by Gasteiger charge is 2.28. The summed E-state index contributed by atoms with van der Waals surface area (Å²) in [5.41, 5.74) is 2.83. The van der Waals surface area contributed by atoms with E-state index in [1.165, 1.54) is 0 Å². The Labute approximate surface area is 136 Å². The number of carbonyl (C=O) groups is 1. The minimum atomic E-state index is 0.219. The monoisotopic (exact) mass is 313 g/mol. The maximum atomic E-state index is 12.0. The number of hydrogen-bond donors (Lipinski definition) is 0. The third-order valence-electron chi connectivity index (χ3n) is 4.65. The molecule has 1 amide bonds. The lowest BCUT2D eigenvalue weighted by atomic mass is 9.92. The first-order chi connectivity index (χ1) is 11.1. The number of aryl methyl sites for hydroxylation is 1. The van der Waals surface area contributed by atoms with Crippen LogP contribution in [0.3, 0.4) is 0 Å². The van der Waals surface area contributed by atoms with Crippen molar-refractivity contribution in [3.05, 3.63) is 30.1 Å². The highest BCUT2D eigenvalue weighted by molar-refractivity contribution is 5.76. The highest BCUT2D eigenvalue weighted by atomic mass is 16.2. The molecule has 0 radical (unpaired) electrons. The minimum Gasteiger partial charge on any atom is -0.342 e. The van der Waals surface area contributed by atoms with Crippen molar-refractivity contribution in [3.8, 4) is 11.4 Å². The van der Waals surface area contributed by atoms with Crippen LogP contribution in [0.2, 0.25) is 0 Å². The standard InChI is InChI=1S/C17H23N5O/c1-4-15(23)22-9-5-6-13(11-22)16-17(19-8-7-18-16)14-10-20-12(2)21(14)3/h7-8,10,13H,4-6,9,11H2,1-3H3. The molecule has 0 bridgehead atoms. The lowest BCUT2D eigenvalue weighted by molar-refractivity contribution is -0.132. The largest absolute Gasteiger partial charge is 0.342 e. The van der Waals surface area contributed by atoms with Gasteiger partial charge in [0.25, 0.3) is 0 Å². The van der Waals surface area contributed by atoms with Crippen molar-refractivity contribution in [2.24, 2.45) is 7.05 Å². The quantitative estimate of drug-likeness (QED) is 0.872. The summed E-state index contributed by atoms with van der Waals surface area (Å²) in [7, 11) is 1.99. The summed E-state index contributed by atoms with van der Waals surface area (Å²) in [6, 6.07) is 0. The van der Waals surface area contributed by atoms with Gasteiger partial charge >= 0.3 is 0 Å². The molecular weight excluding hydrogens is 290 g/mol. The predicted octanol–water partition coefficient (Wildman–Crippen LogP) is 2.30. The molecule has 1 unspecified atom stereocenters. The van der Waals surface area contributed by atoms with Gasteiger partial charge in [-0.1, -0.05) is 6.92 Å². The third-order valence-corrected chi connectivity index (χ3v) is 4.65. The average molecular weight is 313 g/mol. The normalized spacial score (nSPS) is 18.2. The Morgan fingerprint density at radius 3 is 2.78 bits per heavy atom.